The molecule has 1 aliphatic rings. The first-order valence-electron chi connectivity index (χ1n) is 7.14. The first-order valence-corrected chi connectivity index (χ1v) is 7.14. The van der Waals surface area contributed by atoms with Crippen LogP contribution < -0.4 is 5.73 Å². The third kappa shape index (κ3) is 2.47. The molecule has 1 aromatic heterocycles. The van der Waals surface area contributed by atoms with Gasteiger partial charge >= 0.3 is 5.97 Å². The van der Waals surface area contributed by atoms with Gasteiger partial charge in [-0.1, -0.05) is 0 Å². The summed E-state index contributed by atoms with van der Waals surface area (Å²) in [7, 11) is 1.35. The maximum Gasteiger partial charge on any atom is 0.337 e. The Balaban J connectivity index is 2.03. The summed E-state index contributed by atoms with van der Waals surface area (Å²) < 4.78 is 6.69. The van der Waals surface area contributed by atoms with Gasteiger partial charge in [0, 0.05) is 6.04 Å². The Labute approximate surface area is 122 Å². The second kappa shape index (κ2) is 5.37. The van der Waals surface area contributed by atoms with Crippen molar-refractivity contribution >= 4 is 23.0 Å². The number of anilines is 1. The molecule has 1 aromatic carbocycles. The van der Waals surface area contributed by atoms with Gasteiger partial charge in [0.2, 0.25) is 5.95 Å². The van der Waals surface area contributed by atoms with E-state index < -0.39 is 5.97 Å². The van der Waals surface area contributed by atoms with E-state index in [1.165, 1.54) is 7.11 Å². The van der Waals surface area contributed by atoms with E-state index in [1.54, 1.807) is 12.1 Å². The maximum atomic E-state index is 11.6. The Morgan fingerprint density at radius 2 is 2.29 bits per heavy atom. The number of hydrogen-bond acceptors (Lipinski definition) is 5. The number of fused-ring (bicyclic) bond motifs is 1. The van der Waals surface area contributed by atoms with Crippen LogP contribution >= 0.6 is 0 Å². The zero-order chi connectivity index (χ0) is 15.0. The van der Waals surface area contributed by atoms with Crippen LogP contribution in [0, 0.1) is 0 Å². The summed E-state index contributed by atoms with van der Waals surface area (Å²) in [5.41, 5.74) is 8.06. The van der Waals surface area contributed by atoms with E-state index in [9.17, 15) is 9.90 Å². The summed E-state index contributed by atoms with van der Waals surface area (Å²) >= 11 is 0. The number of benzene rings is 1. The van der Waals surface area contributed by atoms with Crippen molar-refractivity contribution in [3.8, 4) is 0 Å². The number of rotatable bonds is 2. The largest absolute Gasteiger partial charge is 0.465 e. The van der Waals surface area contributed by atoms with Crippen molar-refractivity contribution in [2.24, 2.45) is 0 Å². The van der Waals surface area contributed by atoms with Crippen molar-refractivity contribution in [3.05, 3.63) is 23.8 Å². The molecule has 2 aromatic rings. The van der Waals surface area contributed by atoms with Gasteiger partial charge in [0.25, 0.3) is 0 Å². The van der Waals surface area contributed by atoms with E-state index in [4.69, 9.17) is 10.5 Å². The van der Waals surface area contributed by atoms with Gasteiger partial charge in [-0.25, -0.2) is 9.78 Å². The molecule has 3 N–H and O–H groups in total. The highest BCUT2D eigenvalue weighted by Gasteiger charge is 2.25. The number of hydrogen-bond donors (Lipinski definition) is 2. The highest BCUT2D eigenvalue weighted by Crippen LogP contribution is 2.33. The molecule has 0 bridgehead atoms. The van der Waals surface area contributed by atoms with E-state index >= 15 is 0 Å². The number of nitrogen functional groups attached to an aromatic ring is 1. The standard InChI is InChI=1S/C15H19N3O3/c1-21-14(20)9-5-6-13-12(7-9)17-15(16)18(13)10-3-2-4-11(19)8-10/h5-7,10-11,19H,2-4,8H2,1H3,(H2,16,17)/t10-,11+/m0/s1. The molecule has 1 fully saturated rings. The second-order valence-electron chi connectivity index (χ2n) is 5.51. The number of esters is 1. The molecule has 1 saturated carbocycles. The zero-order valence-corrected chi connectivity index (χ0v) is 12.0. The second-order valence-corrected chi connectivity index (χ2v) is 5.51. The molecule has 0 saturated heterocycles. The Morgan fingerprint density at radius 3 is 3.00 bits per heavy atom. The lowest BCUT2D eigenvalue weighted by atomic mass is 9.92. The van der Waals surface area contributed by atoms with E-state index in [0.29, 0.717) is 23.4 Å². The lowest BCUT2D eigenvalue weighted by Gasteiger charge is -2.28. The average Bonchev–Trinajstić information content (AvgIpc) is 2.81. The molecule has 112 valence electrons. The number of carbonyl (C=O) groups excluding carboxylic acids is 1. The summed E-state index contributed by atoms with van der Waals surface area (Å²) in [6.07, 6.45) is 3.20. The summed E-state index contributed by atoms with van der Waals surface area (Å²) in [5.74, 6) is 0.0317. The van der Waals surface area contributed by atoms with Crippen molar-refractivity contribution < 1.29 is 14.6 Å². The molecule has 0 unspecified atom stereocenters. The molecule has 0 amide bonds. The third-order valence-corrected chi connectivity index (χ3v) is 4.12. The van der Waals surface area contributed by atoms with Gasteiger partial charge in [0.15, 0.2) is 0 Å². The first-order chi connectivity index (χ1) is 10.1. The minimum Gasteiger partial charge on any atom is -0.465 e. The van der Waals surface area contributed by atoms with Crippen molar-refractivity contribution in [2.75, 3.05) is 12.8 Å². The summed E-state index contributed by atoms with van der Waals surface area (Å²) in [6.45, 7) is 0. The molecule has 0 spiro atoms. The zero-order valence-electron chi connectivity index (χ0n) is 12.0. The monoisotopic (exact) mass is 289 g/mol. The van der Waals surface area contributed by atoms with Gasteiger partial charge in [-0.05, 0) is 43.9 Å². The number of aliphatic hydroxyl groups excluding tert-OH is 1. The van der Waals surface area contributed by atoms with Gasteiger partial charge in [-0.2, -0.15) is 0 Å². The van der Waals surface area contributed by atoms with Crippen LogP contribution in [0.5, 0.6) is 0 Å². The van der Waals surface area contributed by atoms with Crippen molar-refractivity contribution in [1.82, 2.24) is 9.55 Å². The highest BCUT2D eigenvalue weighted by atomic mass is 16.5. The Bertz CT molecular complexity index is 680. The fourth-order valence-corrected chi connectivity index (χ4v) is 3.12. The molecule has 6 nitrogen and oxygen atoms in total. The smallest absolute Gasteiger partial charge is 0.337 e. The average molecular weight is 289 g/mol. The highest BCUT2D eigenvalue weighted by molar-refractivity contribution is 5.94. The van der Waals surface area contributed by atoms with Crippen LogP contribution in [0.25, 0.3) is 11.0 Å². The molecule has 1 aliphatic carbocycles. The minimum atomic E-state index is -0.391. The number of imidazole rings is 1. The number of nitrogens with zero attached hydrogens (tertiary/aromatic N) is 2. The van der Waals surface area contributed by atoms with Crippen LogP contribution in [0.15, 0.2) is 18.2 Å². The van der Waals surface area contributed by atoms with Crippen molar-refractivity contribution in [1.29, 1.82) is 0 Å². The van der Waals surface area contributed by atoms with Crippen LogP contribution in [-0.2, 0) is 4.74 Å². The SMILES string of the molecule is COC(=O)c1ccc2c(c1)nc(N)n2[C@H]1CCC[C@@H](O)C1. The Kier molecular flexibility index (Phi) is 3.55. The third-order valence-electron chi connectivity index (χ3n) is 4.12. The van der Waals surface area contributed by atoms with Crippen LogP contribution in [0.4, 0.5) is 5.95 Å². The van der Waals surface area contributed by atoms with Crippen LogP contribution in [-0.4, -0.2) is 33.8 Å². The Hall–Kier alpha value is -2.08. The summed E-state index contributed by atoms with van der Waals surface area (Å²) in [4.78, 5) is 15.9. The summed E-state index contributed by atoms with van der Waals surface area (Å²) in [5, 5.41) is 9.85. The Morgan fingerprint density at radius 1 is 1.48 bits per heavy atom. The normalized spacial score (nSPS) is 22.4. The van der Waals surface area contributed by atoms with E-state index in [-0.39, 0.29) is 12.1 Å². The molecule has 6 heteroatoms. The summed E-state index contributed by atoms with van der Waals surface area (Å²) in [6, 6.07) is 5.40. The molecule has 3 rings (SSSR count). The van der Waals surface area contributed by atoms with Crippen LogP contribution in [0.3, 0.4) is 0 Å². The number of carbonyl (C=O) groups is 1. The van der Waals surface area contributed by atoms with Gasteiger partial charge in [0.05, 0.1) is 29.8 Å². The van der Waals surface area contributed by atoms with E-state index in [2.05, 4.69) is 4.98 Å². The predicted octanol–water partition coefficient (Wildman–Crippen LogP) is 1.88. The maximum absolute atomic E-state index is 11.6. The fourth-order valence-electron chi connectivity index (χ4n) is 3.12. The number of aliphatic hydroxyl groups is 1. The van der Waals surface area contributed by atoms with Gasteiger partial charge < -0.3 is 20.1 Å². The number of aromatic nitrogens is 2. The molecule has 1 heterocycles. The molecular formula is C15H19N3O3. The molecular weight excluding hydrogens is 270 g/mol. The van der Waals surface area contributed by atoms with Gasteiger partial charge in [-0.15, -0.1) is 0 Å². The van der Waals surface area contributed by atoms with E-state index in [0.717, 1.165) is 24.8 Å². The first kappa shape index (κ1) is 13.9. The van der Waals surface area contributed by atoms with Crippen LogP contribution in [0.1, 0.15) is 42.1 Å². The lowest BCUT2D eigenvalue weighted by Crippen LogP contribution is -2.23. The lowest BCUT2D eigenvalue weighted by molar-refractivity contribution is 0.0601. The number of methoxy groups -OCH3 is 1. The predicted molar refractivity (Wildman–Crippen MR) is 79.0 cm³/mol. The quantitative estimate of drug-likeness (QED) is 0.824. The number of nitrogens with two attached hydrogens (primary N) is 1. The van der Waals surface area contributed by atoms with Crippen molar-refractivity contribution in [2.45, 2.75) is 37.8 Å². The molecule has 0 radical (unpaired) electrons. The molecule has 2 atom stereocenters. The van der Waals surface area contributed by atoms with E-state index in [1.807, 2.05) is 10.6 Å². The molecule has 0 aliphatic heterocycles. The fraction of sp³-hybridized carbons (Fsp3) is 0.467. The van der Waals surface area contributed by atoms with Gasteiger partial charge in [0.1, 0.15) is 0 Å². The minimum absolute atomic E-state index is 0.155. The number of ether oxygens (including phenoxy) is 1. The van der Waals surface area contributed by atoms with Crippen molar-refractivity contribution in [3.63, 3.8) is 0 Å². The van der Waals surface area contributed by atoms with Gasteiger partial charge in [-0.3, -0.25) is 0 Å². The van der Waals surface area contributed by atoms with Crippen LogP contribution in [0.2, 0.25) is 0 Å². The molecule has 21 heavy (non-hydrogen) atoms. The topological polar surface area (TPSA) is 90.4 Å².